The number of hydrogen-bond acceptors (Lipinski definition) is 2. The number of amides is 1. The Balaban J connectivity index is 2.96. The largest absolute Gasteiger partial charge is 0.355 e. The van der Waals surface area contributed by atoms with E-state index in [9.17, 15) is 4.79 Å². The summed E-state index contributed by atoms with van der Waals surface area (Å²) in [6.07, 6.45) is 5.95. The van der Waals surface area contributed by atoms with E-state index in [4.69, 9.17) is 0 Å². The Labute approximate surface area is 121 Å². The van der Waals surface area contributed by atoms with E-state index < -0.39 is 0 Å². The van der Waals surface area contributed by atoms with Gasteiger partial charge in [0.25, 0.3) is 0 Å². The zero-order valence-electron chi connectivity index (χ0n) is 12.6. The molecule has 1 rings (SSSR count). The van der Waals surface area contributed by atoms with E-state index in [2.05, 4.69) is 48.4 Å². The molecule has 0 spiro atoms. The zero-order chi connectivity index (χ0) is 14.8. The summed E-state index contributed by atoms with van der Waals surface area (Å²) in [5.41, 5.74) is 4.71. The van der Waals surface area contributed by atoms with E-state index in [1.54, 1.807) is 0 Å². The van der Waals surface area contributed by atoms with E-state index in [0.29, 0.717) is 6.54 Å². The molecule has 0 aromatic heterocycles. The van der Waals surface area contributed by atoms with Crippen LogP contribution in [0.4, 0.5) is 0 Å². The number of aliphatic imine (C=N–C) groups is 1. The fraction of sp³-hybridized carbons (Fsp3) is 0.412. The molecule has 3 heteroatoms. The number of rotatable bonds is 8. The lowest BCUT2D eigenvalue weighted by molar-refractivity contribution is -0.109. The Hall–Kier alpha value is -1.90. The second kappa shape index (κ2) is 9.08. The first-order valence-electron chi connectivity index (χ1n) is 7.17. The molecule has 0 fully saturated rings. The maximum atomic E-state index is 10.3. The minimum Gasteiger partial charge on any atom is -0.355 e. The van der Waals surface area contributed by atoms with Gasteiger partial charge in [-0.25, -0.2) is 0 Å². The van der Waals surface area contributed by atoms with Crippen molar-refractivity contribution in [2.24, 2.45) is 4.99 Å². The maximum absolute atomic E-state index is 10.3. The fourth-order valence-corrected chi connectivity index (χ4v) is 2.14. The predicted octanol–water partition coefficient (Wildman–Crippen LogP) is 3.94. The van der Waals surface area contributed by atoms with Crippen molar-refractivity contribution in [1.29, 1.82) is 0 Å². The molecule has 0 radical (unpaired) electrons. The summed E-state index contributed by atoms with van der Waals surface area (Å²) < 4.78 is 0. The lowest BCUT2D eigenvalue weighted by Crippen LogP contribution is -2.09. The molecule has 0 bridgehead atoms. The molecule has 1 aromatic carbocycles. The molecule has 0 unspecified atom stereocenters. The molecule has 0 aliphatic rings. The van der Waals surface area contributed by atoms with Crippen molar-refractivity contribution in [2.75, 3.05) is 0 Å². The van der Waals surface area contributed by atoms with Crippen molar-refractivity contribution in [3.8, 4) is 0 Å². The van der Waals surface area contributed by atoms with Crippen LogP contribution in [0.1, 0.15) is 51.2 Å². The summed E-state index contributed by atoms with van der Waals surface area (Å²) in [6, 6.07) is 8.34. The highest BCUT2D eigenvalue weighted by Crippen LogP contribution is 2.25. The van der Waals surface area contributed by atoms with E-state index in [0.717, 1.165) is 24.1 Å². The molecule has 0 atom stereocenters. The van der Waals surface area contributed by atoms with Gasteiger partial charge in [-0.3, -0.25) is 9.79 Å². The number of benzene rings is 1. The first kappa shape index (κ1) is 16.2. The standard InChI is InChI=1S/C17H24N2O/c1-4-6-7-17(14(3)19-5-2)16-10-8-15(9-11-16)12-18-13-20/h5,8-11,13H,4,6-7,12H2,1-3H3,(H,18,20)/b17-14+,19-5-. The molecule has 0 aliphatic heterocycles. The summed E-state index contributed by atoms with van der Waals surface area (Å²) in [6.45, 7) is 6.77. The number of allylic oxidation sites excluding steroid dienone is 2. The van der Waals surface area contributed by atoms with Crippen molar-refractivity contribution < 1.29 is 4.79 Å². The Morgan fingerprint density at radius 2 is 2.00 bits per heavy atom. The zero-order valence-corrected chi connectivity index (χ0v) is 12.6. The van der Waals surface area contributed by atoms with Crippen LogP contribution < -0.4 is 5.32 Å². The molecular weight excluding hydrogens is 248 g/mol. The fourth-order valence-electron chi connectivity index (χ4n) is 2.14. The molecule has 1 aromatic rings. The smallest absolute Gasteiger partial charge is 0.207 e. The molecule has 0 aliphatic carbocycles. The van der Waals surface area contributed by atoms with E-state index in [1.807, 2.05) is 13.1 Å². The molecule has 0 saturated heterocycles. The van der Waals surface area contributed by atoms with Crippen molar-refractivity contribution >= 4 is 18.2 Å². The van der Waals surface area contributed by atoms with Gasteiger partial charge in [-0.1, -0.05) is 37.6 Å². The highest BCUT2D eigenvalue weighted by molar-refractivity contribution is 5.70. The monoisotopic (exact) mass is 272 g/mol. The predicted molar refractivity (Wildman–Crippen MR) is 85.6 cm³/mol. The molecule has 0 saturated carbocycles. The number of nitrogens with zero attached hydrogens (tertiary/aromatic N) is 1. The number of nitrogens with one attached hydrogen (secondary N) is 1. The second-order valence-corrected chi connectivity index (χ2v) is 4.75. The summed E-state index contributed by atoms with van der Waals surface area (Å²) in [5.74, 6) is 0. The van der Waals surface area contributed by atoms with Crippen molar-refractivity contribution in [1.82, 2.24) is 5.32 Å². The average Bonchev–Trinajstić information content (AvgIpc) is 2.47. The van der Waals surface area contributed by atoms with Gasteiger partial charge in [-0.15, -0.1) is 0 Å². The molecular formula is C17H24N2O. The Morgan fingerprint density at radius 1 is 1.30 bits per heavy atom. The lowest BCUT2D eigenvalue weighted by atomic mass is 9.97. The summed E-state index contributed by atoms with van der Waals surface area (Å²) in [5, 5.41) is 2.67. The van der Waals surface area contributed by atoms with Gasteiger partial charge >= 0.3 is 0 Å². The third-order valence-corrected chi connectivity index (χ3v) is 3.23. The van der Waals surface area contributed by atoms with E-state index in [1.165, 1.54) is 24.0 Å². The van der Waals surface area contributed by atoms with E-state index >= 15 is 0 Å². The molecule has 0 heterocycles. The van der Waals surface area contributed by atoms with Gasteiger partial charge in [-0.2, -0.15) is 0 Å². The quantitative estimate of drug-likeness (QED) is 0.565. The van der Waals surface area contributed by atoms with Crippen LogP contribution in [0.15, 0.2) is 35.0 Å². The minimum absolute atomic E-state index is 0.573. The van der Waals surface area contributed by atoms with Crippen LogP contribution >= 0.6 is 0 Å². The van der Waals surface area contributed by atoms with Crippen LogP contribution in [0.5, 0.6) is 0 Å². The average molecular weight is 272 g/mol. The van der Waals surface area contributed by atoms with Crippen LogP contribution in [0.25, 0.3) is 5.57 Å². The van der Waals surface area contributed by atoms with Crippen LogP contribution in [-0.2, 0) is 11.3 Å². The SMILES string of the molecule is C/C=N\C(C)=C(/CCCC)c1ccc(CNC=O)cc1. The van der Waals surface area contributed by atoms with Crippen LogP contribution in [0.3, 0.4) is 0 Å². The van der Waals surface area contributed by atoms with E-state index in [-0.39, 0.29) is 0 Å². The van der Waals surface area contributed by atoms with Gasteiger partial charge < -0.3 is 5.32 Å². The number of carbonyl (C=O) groups excluding carboxylic acids is 1. The normalized spacial score (nSPS) is 12.3. The third-order valence-electron chi connectivity index (χ3n) is 3.23. The third kappa shape index (κ3) is 5.00. The van der Waals surface area contributed by atoms with Gasteiger partial charge in [0, 0.05) is 18.5 Å². The molecule has 3 nitrogen and oxygen atoms in total. The Kier molecular flexibility index (Phi) is 7.33. The summed E-state index contributed by atoms with van der Waals surface area (Å²) in [4.78, 5) is 14.7. The second-order valence-electron chi connectivity index (χ2n) is 4.75. The topological polar surface area (TPSA) is 41.5 Å². The highest BCUT2D eigenvalue weighted by atomic mass is 16.1. The van der Waals surface area contributed by atoms with Crippen LogP contribution in [0.2, 0.25) is 0 Å². The van der Waals surface area contributed by atoms with Crippen molar-refractivity contribution in [3.63, 3.8) is 0 Å². The van der Waals surface area contributed by atoms with Gasteiger partial charge in [0.05, 0.1) is 0 Å². The maximum Gasteiger partial charge on any atom is 0.207 e. The molecule has 1 N–H and O–H groups in total. The first-order valence-corrected chi connectivity index (χ1v) is 7.17. The Morgan fingerprint density at radius 3 is 2.55 bits per heavy atom. The molecule has 108 valence electrons. The van der Waals surface area contributed by atoms with Crippen LogP contribution in [0, 0.1) is 0 Å². The molecule has 1 amide bonds. The van der Waals surface area contributed by atoms with Crippen molar-refractivity contribution in [3.05, 3.63) is 41.1 Å². The van der Waals surface area contributed by atoms with Gasteiger partial charge in [0.15, 0.2) is 0 Å². The van der Waals surface area contributed by atoms with Gasteiger partial charge in [0.1, 0.15) is 0 Å². The minimum atomic E-state index is 0.573. The number of unbranched alkanes of at least 4 members (excludes halogenated alkanes) is 1. The number of hydrogen-bond donors (Lipinski definition) is 1. The Bertz CT molecular complexity index is 472. The van der Waals surface area contributed by atoms with Crippen molar-refractivity contribution in [2.45, 2.75) is 46.6 Å². The summed E-state index contributed by atoms with van der Waals surface area (Å²) >= 11 is 0. The van der Waals surface area contributed by atoms with Gasteiger partial charge in [0.2, 0.25) is 6.41 Å². The van der Waals surface area contributed by atoms with Crippen LogP contribution in [-0.4, -0.2) is 12.6 Å². The number of carbonyl (C=O) groups is 1. The first-order chi connectivity index (χ1) is 9.72. The summed E-state index contributed by atoms with van der Waals surface area (Å²) in [7, 11) is 0. The highest BCUT2D eigenvalue weighted by Gasteiger charge is 2.05. The lowest BCUT2D eigenvalue weighted by Gasteiger charge is -2.11. The van der Waals surface area contributed by atoms with Gasteiger partial charge in [-0.05, 0) is 43.4 Å². The molecule has 20 heavy (non-hydrogen) atoms.